The molecule has 0 heterocycles. The maximum atomic E-state index is 10.8. The fourth-order valence-electron chi connectivity index (χ4n) is 0.548. The van der Waals surface area contributed by atoms with Gasteiger partial charge >= 0.3 is 5.97 Å². The van der Waals surface area contributed by atoms with E-state index >= 15 is 0 Å². The van der Waals surface area contributed by atoms with Crippen LogP contribution in [0, 0.1) is 0 Å². The van der Waals surface area contributed by atoms with Gasteiger partial charge in [0.2, 0.25) is 5.91 Å². The first-order chi connectivity index (χ1) is 5.11. The van der Waals surface area contributed by atoms with Crippen LogP contribution in [0.3, 0.4) is 0 Å². The summed E-state index contributed by atoms with van der Waals surface area (Å²) in [7, 11) is 1.24. The minimum absolute atomic E-state index is 0.0201. The molecule has 4 nitrogen and oxygen atoms in total. The average Bonchev–Trinajstić information content (AvgIpc) is 1.98. The summed E-state index contributed by atoms with van der Waals surface area (Å²) in [5.74, 6) is -0.817. The number of methoxy groups -OCH3 is 1. The fourth-order valence-corrected chi connectivity index (χ4v) is 0.751. The third-order valence-electron chi connectivity index (χ3n) is 1.02. The minimum atomic E-state index is -0.737. The molecular formula is C6H10ClNO3. The van der Waals surface area contributed by atoms with Gasteiger partial charge in [-0.1, -0.05) is 0 Å². The van der Waals surface area contributed by atoms with E-state index in [2.05, 4.69) is 10.1 Å². The molecule has 0 rings (SSSR count). The first-order valence-corrected chi connectivity index (χ1v) is 3.56. The molecule has 0 spiro atoms. The lowest BCUT2D eigenvalue weighted by Gasteiger charge is -2.10. The summed E-state index contributed by atoms with van der Waals surface area (Å²) in [6, 6.07) is -0.737. The fraction of sp³-hybridized carbons (Fsp3) is 0.667. The monoisotopic (exact) mass is 179 g/mol. The standard InChI is InChI=1S/C6H10ClNO3/c1-4(9)8-5(3-7)6(10)11-2/h5H,3H2,1-2H3,(H,8,9). The smallest absolute Gasteiger partial charge is 0.329 e. The van der Waals surface area contributed by atoms with Crippen LogP contribution in [0.2, 0.25) is 0 Å². The molecule has 11 heavy (non-hydrogen) atoms. The number of esters is 1. The second-order valence-corrected chi connectivity index (χ2v) is 2.24. The van der Waals surface area contributed by atoms with Crippen LogP contribution in [-0.2, 0) is 14.3 Å². The molecule has 0 aromatic heterocycles. The highest BCUT2D eigenvalue weighted by molar-refractivity contribution is 6.19. The van der Waals surface area contributed by atoms with E-state index < -0.39 is 12.0 Å². The van der Waals surface area contributed by atoms with E-state index in [0.717, 1.165) is 0 Å². The van der Waals surface area contributed by atoms with Gasteiger partial charge in [0.25, 0.3) is 0 Å². The zero-order chi connectivity index (χ0) is 8.85. The van der Waals surface area contributed by atoms with Crippen molar-refractivity contribution in [2.45, 2.75) is 13.0 Å². The summed E-state index contributed by atoms with van der Waals surface area (Å²) in [6.45, 7) is 1.31. The Morgan fingerprint density at radius 1 is 1.64 bits per heavy atom. The Morgan fingerprint density at radius 3 is 2.45 bits per heavy atom. The molecule has 0 aromatic carbocycles. The van der Waals surface area contributed by atoms with Crippen LogP contribution in [-0.4, -0.2) is 30.9 Å². The number of hydrogen-bond acceptors (Lipinski definition) is 3. The van der Waals surface area contributed by atoms with E-state index in [-0.39, 0.29) is 11.8 Å². The number of rotatable bonds is 3. The largest absolute Gasteiger partial charge is 0.467 e. The lowest BCUT2D eigenvalue weighted by atomic mass is 10.3. The molecule has 0 radical (unpaired) electrons. The lowest BCUT2D eigenvalue weighted by Crippen LogP contribution is -2.41. The second-order valence-electron chi connectivity index (χ2n) is 1.93. The van der Waals surface area contributed by atoms with Crippen molar-refractivity contribution in [2.75, 3.05) is 13.0 Å². The number of hydrogen-bond donors (Lipinski definition) is 1. The molecule has 0 aliphatic rings. The topological polar surface area (TPSA) is 55.4 Å². The summed E-state index contributed by atoms with van der Waals surface area (Å²) < 4.78 is 4.37. The highest BCUT2D eigenvalue weighted by Gasteiger charge is 2.17. The van der Waals surface area contributed by atoms with Gasteiger partial charge in [-0.3, -0.25) is 4.79 Å². The van der Waals surface area contributed by atoms with Gasteiger partial charge in [0.1, 0.15) is 6.04 Å². The van der Waals surface area contributed by atoms with E-state index in [0.29, 0.717) is 0 Å². The quantitative estimate of drug-likeness (QED) is 0.487. The summed E-state index contributed by atoms with van der Waals surface area (Å²) >= 11 is 5.37. The van der Waals surface area contributed by atoms with Crippen LogP contribution in [0.4, 0.5) is 0 Å². The van der Waals surface area contributed by atoms with Crippen LogP contribution in [0.1, 0.15) is 6.92 Å². The molecule has 0 aliphatic heterocycles. The molecule has 1 N–H and O–H groups in total. The molecule has 0 saturated heterocycles. The molecule has 1 atom stereocenters. The van der Waals surface area contributed by atoms with Crippen molar-refractivity contribution in [2.24, 2.45) is 0 Å². The number of nitrogens with one attached hydrogen (secondary N) is 1. The van der Waals surface area contributed by atoms with E-state index in [1.165, 1.54) is 14.0 Å². The van der Waals surface area contributed by atoms with Gasteiger partial charge in [-0.15, -0.1) is 11.6 Å². The Hall–Kier alpha value is -0.770. The molecule has 0 aliphatic carbocycles. The van der Waals surface area contributed by atoms with E-state index in [9.17, 15) is 9.59 Å². The molecular weight excluding hydrogens is 170 g/mol. The maximum Gasteiger partial charge on any atom is 0.329 e. The Bertz CT molecular complexity index is 160. The van der Waals surface area contributed by atoms with Crippen LogP contribution in [0.15, 0.2) is 0 Å². The average molecular weight is 180 g/mol. The number of carbonyl (C=O) groups excluding carboxylic acids is 2. The number of alkyl halides is 1. The van der Waals surface area contributed by atoms with Crippen LogP contribution in [0.25, 0.3) is 0 Å². The maximum absolute atomic E-state index is 10.8. The zero-order valence-corrected chi connectivity index (χ0v) is 7.14. The molecule has 1 amide bonds. The van der Waals surface area contributed by atoms with E-state index in [1.807, 2.05) is 0 Å². The first-order valence-electron chi connectivity index (χ1n) is 3.02. The Balaban J connectivity index is 3.94. The van der Waals surface area contributed by atoms with Crippen molar-refractivity contribution in [3.8, 4) is 0 Å². The van der Waals surface area contributed by atoms with Crippen molar-refractivity contribution >= 4 is 23.5 Å². The second kappa shape index (κ2) is 4.96. The molecule has 1 unspecified atom stereocenters. The molecule has 0 aromatic rings. The normalized spacial score (nSPS) is 11.9. The Labute approximate surface area is 69.9 Å². The van der Waals surface area contributed by atoms with Crippen LogP contribution < -0.4 is 5.32 Å². The van der Waals surface area contributed by atoms with Gasteiger partial charge in [-0.2, -0.15) is 0 Å². The van der Waals surface area contributed by atoms with Gasteiger partial charge in [0, 0.05) is 6.92 Å². The molecule has 0 saturated carbocycles. The number of carbonyl (C=O) groups is 2. The highest BCUT2D eigenvalue weighted by Crippen LogP contribution is 1.91. The molecule has 64 valence electrons. The van der Waals surface area contributed by atoms with Crippen molar-refractivity contribution < 1.29 is 14.3 Å². The number of amides is 1. The number of ether oxygens (including phenoxy) is 1. The lowest BCUT2D eigenvalue weighted by molar-refractivity contribution is -0.144. The van der Waals surface area contributed by atoms with Crippen LogP contribution >= 0.6 is 11.6 Å². The summed E-state index contributed by atoms with van der Waals surface area (Å²) in [6.07, 6.45) is 0. The third kappa shape index (κ3) is 3.83. The predicted octanol–water partition coefficient (Wildman–Crippen LogP) is -0.0971. The molecule has 0 fully saturated rings. The van der Waals surface area contributed by atoms with E-state index in [1.54, 1.807) is 0 Å². The SMILES string of the molecule is COC(=O)C(CCl)NC(C)=O. The van der Waals surface area contributed by atoms with Gasteiger partial charge in [0.15, 0.2) is 0 Å². The summed E-state index contributed by atoms with van der Waals surface area (Å²) in [5, 5.41) is 2.33. The Morgan fingerprint density at radius 2 is 2.18 bits per heavy atom. The third-order valence-corrected chi connectivity index (χ3v) is 1.33. The van der Waals surface area contributed by atoms with Gasteiger partial charge < -0.3 is 10.1 Å². The van der Waals surface area contributed by atoms with Crippen molar-refractivity contribution in [1.82, 2.24) is 5.32 Å². The summed E-state index contributed by atoms with van der Waals surface area (Å²) in [5.41, 5.74) is 0. The van der Waals surface area contributed by atoms with Gasteiger partial charge in [0.05, 0.1) is 13.0 Å². The highest BCUT2D eigenvalue weighted by atomic mass is 35.5. The van der Waals surface area contributed by atoms with Crippen molar-refractivity contribution in [1.29, 1.82) is 0 Å². The zero-order valence-electron chi connectivity index (χ0n) is 6.39. The van der Waals surface area contributed by atoms with Crippen molar-refractivity contribution in [3.63, 3.8) is 0 Å². The summed E-state index contributed by atoms with van der Waals surface area (Å²) in [4.78, 5) is 21.2. The van der Waals surface area contributed by atoms with Gasteiger partial charge in [-0.05, 0) is 0 Å². The number of halogens is 1. The predicted molar refractivity (Wildman–Crippen MR) is 40.3 cm³/mol. The van der Waals surface area contributed by atoms with E-state index in [4.69, 9.17) is 11.6 Å². The molecule has 0 bridgehead atoms. The van der Waals surface area contributed by atoms with Crippen molar-refractivity contribution in [3.05, 3.63) is 0 Å². The minimum Gasteiger partial charge on any atom is -0.467 e. The molecule has 5 heteroatoms. The first kappa shape index (κ1) is 10.2. The van der Waals surface area contributed by atoms with Crippen LogP contribution in [0.5, 0.6) is 0 Å². The Kier molecular flexibility index (Phi) is 4.61. The van der Waals surface area contributed by atoms with Gasteiger partial charge in [-0.25, -0.2) is 4.79 Å².